The first kappa shape index (κ1) is 25.2. The van der Waals surface area contributed by atoms with E-state index in [2.05, 4.69) is 41.5 Å². The topological polar surface area (TPSA) is 52.6 Å². The molecule has 35 heavy (non-hydrogen) atoms. The van der Waals surface area contributed by atoms with E-state index >= 15 is 0 Å². The maximum atomic E-state index is 13.5. The zero-order chi connectivity index (χ0) is 25.3. The van der Waals surface area contributed by atoms with E-state index in [1.165, 1.54) is 22.3 Å². The average molecular weight is 475 g/mol. The summed E-state index contributed by atoms with van der Waals surface area (Å²) in [5.74, 6) is 0.229. The van der Waals surface area contributed by atoms with Crippen molar-refractivity contribution in [2.45, 2.75) is 80.1 Å². The lowest BCUT2D eigenvalue weighted by Gasteiger charge is -2.25. The van der Waals surface area contributed by atoms with Crippen molar-refractivity contribution in [3.63, 3.8) is 0 Å². The van der Waals surface area contributed by atoms with E-state index in [-0.39, 0.29) is 17.3 Å². The third-order valence-electron chi connectivity index (χ3n) is 8.27. The highest BCUT2D eigenvalue weighted by Crippen LogP contribution is 2.60. The first-order valence-corrected chi connectivity index (χ1v) is 13.2. The van der Waals surface area contributed by atoms with Crippen molar-refractivity contribution >= 4 is 11.9 Å². The van der Waals surface area contributed by atoms with Crippen molar-refractivity contribution in [3.8, 4) is 11.5 Å². The first-order valence-electron chi connectivity index (χ1n) is 13.2. The Hall–Kier alpha value is -2.88. The van der Waals surface area contributed by atoms with Gasteiger partial charge < -0.3 is 9.47 Å². The average Bonchev–Trinajstić information content (AvgIpc) is 3.28. The molecule has 186 valence electrons. The van der Waals surface area contributed by atoms with Crippen LogP contribution in [0, 0.1) is 17.3 Å². The van der Waals surface area contributed by atoms with Gasteiger partial charge in [-0.3, -0.25) is 0 Å². The van der Waals surface area contributed by atoms with Crippen LogP contribution in [0.15, 0.2) is 47.5 Å². The van der Waals surface area contributed by atoms with Gasteiger partial charge in [0, 0.05) is 0 Å². The Labute approximate surface area is 209 Å². The zero-order valence-electron chi connectivity index (χ0n) is 22.0. The largest absolute Gasteiger partial charge is 0.423 e. The van der Waals surface area contributed by atoms with Crippen LogP contribution >= 0.6 is 0 Å². The smallest absolute Gasteiger partial charge is 0.340 e. The fourth-order valence-corrected chi connectivity index (χ4v) is 6.24. The molecule has 2 unspecified atom stereocenters. The van der Waals surface area contributed by atoms with Crippen LogP contribution in [0.5, 0.6) is 11.5 Å². The van der Waals surface area contributed by atoms with Gasteiger partial charge in [-0.25, -0.2) is 9.59 Å². The second-order valence-corrected chi connectivity index (χ2v) is 10.4. The van der Waals surface area contributed by atoms with E-state index < -0.39 is 11.9 Å². The summed E-state index contributed by atoms with van der Waals surface area (Å²) in [6, 6.07) is 11.7. The molecule has 4 rings (SSSR count). The SMILES string of the molecule is CCc1ccc(OC(=O)C2=C(C(=O)Oc3ccc(CC)c(CC)c3)C3CCC2C3(C)C)cc1CC. The van der Waals surface area contributed by atoms with Gasteiger partial charge in [-0.2, -0.15) is 0 Å². The quantitative estimate of drug-likeness (QED) is 0.311. The predicted octanol–water partition coefficient (Wildman–Crippen LogP) is 6.81. The zero-order valence-corrected chi connectivity index (χ0v) is 22.0. The number of hydrogen-bond acceptors (Lipinski definition) is 4. The van der Waals surface area contributed by atoms with E-state index in [1.807, 2.05) is 36.4 Å². The van der Waals surface area contributed by atoms with Crippen LogP contribution in [0.1, 0.15) is 76.6 Å². The van der Waals surface area contributed by atoms with Crippen LogP contribution in [0.4, 0.5) is 0 Å². The number of carbonyl (C=O) groups is 2. The molecule has 0 N–H and O–H groups in total. The van der Waals surface area contributed by atoms with E-state index in [0.717, 1.165) is 38.5 Å². The van der Waals surface area contributed by atoms with Crippen molar-refractivity contribution in [1.82, 2.24) is 0 Å². The minimum Gasteiger partial charge on any atom is -0.423 e. The van der Waals surface area contributed by atoms with Gasteiger partial charge in [0.15, 0.2) is 0 Å². The van der Waals surface area contributed by atoms with Crippen LogP contribution in [-0.2, 0) is 35.3 Å². The second-order valence-electron chi connectivity index (χ2n) is 10.4. The summed E-state index contributed by atoms with van der Waals surface area (Å²) >= 11 is 0. The maximum Gasteiger partial charge on any atom is 0.340 e. The number of fused-ring (bicyclic) bond motifs is 2. The van der Waals surface area contributed by atoms with Crippen molar-refractivity contribution in [3.05, 3.63) is 69.8 Å². The van der Waals surface area contributed by atoms with Gasteiger partial charge in [0.05, 0.1) is 11.1 Å². The molecule has 2 aliphatic carbocycles. The van der Waals surface area contributed by atoms with Gasteiger partial charge in [-0.05, 0) is 102 Å². The fourth-order valence-electron chi connectivity index (χ4n) is 6.24. The summed E-state index contributed by atoms with van der Waals surface area (Å²) in [4.78, 5) is 27.0. The Morgan fingerprint density at radius 2 is 1.06 bits per heavy atom. The summed E-state index contributed by atoms with van der Waals surface area (Å²) in [5, 5.41) is 0. The van der Waals surface area contributed by atoms with Crippen molar-refractivity contribution in [2.24, 2.45) is 17.3 Å². The minimum absolute atomic E-state index is 0.00298. The Morgan fingerprint density at radius 1 is 0.686 bits per heavy atom. The van der Waals surface area contributed by atoms with Gasteiger partial charge in [0.25, 0.3) is 0 Å². The molecule has 2 aromatic carbocycles. The number of ether oxygens (including phenoxy) is 2. The molecule has 0 saturated heterocycles. The highest BCUT2D eigenvalue weighted by molar-refractivity contribution is 6.04. The van der Waals surface area contributed by atoms with E-state index in [0.29, 0.717) is 22.6 Å². The number of esters is 2. The van der Waals surface area contributed by atoms with E-state index in [4.69, 9.17) is 9.47 Å². The van der Waals surface area contributed by atoms with Crippen LogP contribution in [0.25, 0.3) is 0 Å². The molecule has 1 fully saturated rings. The number of benzene rings is 2. The summed E-state index contributed by atoms with van der Waals surface area (Å²) in [6.07, 6.45) is 5.41. The van der Waals surface area contributed by atoms with Gasteiger partial charge >= 0.3 is 11.9 Å². The van der Waals surface area contributed by atoms with E-state index in [1.54, 1.807) is 0 Å². The highest BCUT2D eigenvalue weighted by Gasteiger charge is 2.57. The molecule has 0 heterocycles. The molecule has 4 nitrogen and oxygen atoms in total. The van der Waals surface area contributed by atoms with Crippen LogP contribution in [0.3, 0.4) is 0 Å². The number of hydrogen-bond donors (Lipinski definition) is 0. The minimum atomic E-state index is -0.417. The molecule has 2 aliphatic rings. The summed E-state index contributed by atoms with van der Waals surface area (Å²) in [5.41, 5.74) is 5.73. The van der Waals surface area contributed by atoms with Gasteiger partial charge in [0.2, 0.25) is 0 Å². The Kier molecular flexibility index (Phi) is 7.21. The molecular weight excluding hydrogens is 436 g/mol. The van der Waals surface area contributed by atoms with Crippen LogP contribution in [-0.4, -0.2) is 11.9 Å². The summed E-state index contributed by atoms with van der Waals surface area (Å²) in [6.45, 7) is 12.8. The lowest BCUT2D eigenvalue weighted by atomic mass is 9.79. The molecule has 2 atom stereocenters. The molecule has 0 radical (unpaired) electrons. The fraction of sp³-hybridized carbons (Fsp3) is 0.484. The Bertz CT molecular complexity index is 1080. The molecule has 2 bridgehead atoms. The maximum absolute atomic E-state index is 13.5. The van der Waals surface area contributed by atoms with E-state index in [9.17, 15) is 9.59 Å². The monoisotopic (exact) mass is 474 g/mol. The van der Waals surface area contributed by atoms with Gasteiger partial charge in [-0.15, -0.1) is 0 Å². The Balaban J connectivity index is 1.65. The van der Waals surface area contributed by atoms with Gasteiger partial charge in [0.1, 0.15) is 11.5 Å². The normalized spacial score (nSPS) is 20.3. The number of rotatable bonds is 8. The molecule has 0 aliphatic heterocycles. The number of carbonyl (C=O) groups excluding carboxylic acids is 2. The van der Waals surface area contributed by atoms with Crippen molar-refractivity contribution < 1.29 is 19.1 Å². The highest BCUT2D eigenvalue weighted by atomic mass is 16.5. The second kappa shape index (κ2) is 10.0. The molecule has 0 spiro atoms. The first-order chi connectivity index (χ1) is 16.7. The van der Waals surface area contributed by atoms with Crippen LogP contribution < -0.4 is 9.47 Å². The third kappa shape index (κ3) is 4.55. The number of aryl methyl sites for hydroxylation is 4. The van der Waals surface area contributed by atoms with Gasteiger partial charge in [-0.1, -0.05) is 53.7 Å². The molecule has 0 amide bonds. The molecule has 4 heteroatoms. The molecule has 2 aromatic rings. The molecule has 1 saturated carbocycles. The standard InChI is InChI=1S/C31H38O4/c1-7-19-11-13-23(17-21(19)9-3)34-29(32)27-25-15-16-26(31(25,5)6)28(27)30(33)35-24-14-12-20(8-2)22(10-4)18-24/h11-14,17-18,25-26H,7-10,15-16H2,1-6H3. The lowest BCUT2D eigenvalue weighted by molar-refractivity contribution is -0.133. The van der Waals surface area contributed by atoms with Crippen molar-refractivity contribution in [2.75, 3.05) is 0 Å². The third-order valence-corrected chi connectivity index (χ3v) is 8.27. The molecular formula is C31H38O4. The van der Waals surface area contributed by atoms with Crippen molar-refractivity contribution in [1.29, 1.82) is 0 Å². The Morgan fingerprint density at radius 3 is 1.40 bits per heavy atom. The summed E-state index contributed by atoms with van der Waals surface area (Å²) < 4.78 is 11.8. The lowest BCUT2D eigenvalue weighted by Crippen LogP contribution is -2.24. The molecule has 0 aromatic heterocycles. The van der Waals surface area contributed by atoms with Crippen LogP contribution in [0.2, 0.25) is 0 Å². The summed E-state index contributed by atoms with van der Waals surface area (Å²) in [7, 11) is 0. The predicted molar refractivity (Wildman–Crippen MR) is 139 cm³/mol.